The summed E-state index contributed by atoms with van der Waals surface area (Å²) in [5.41, 5.74) is 2.02. The van der Waals surface area contributed by atoms with Crippen LogP contribution in [0.1, 0.15) is 25.7 Å². The molecule has 0 radical (unpaired) electrons. The van der Waals surface area contributed by atoms with Crippen molar-refractivity contribution in [2.75, 3.05) is 12.0 Å². The Morgan fingerprint density at radius 3 is 1.93 bits per heavy atom. The van der Waals surface area contributed by atoms with Crippen LogP contribution in [0, 0.1) is 0 Å². The van der Waals surface area contributed by atoms with Crippen LogP contribution in [0.4, 0.5) is 18.9 Å². The Bertz CT molecular complexity index is 857. The highest BCUT2D eigenvalue weighted by Crippen LogP contribution is 2.31. The smallest absolute Gasteiger partial charge is 0.462 e. The molecule has 2 aromatic carbocycles. The molecule has 0 aromatic heterocycles. The number of rotatable bonds is 4. The number of halogens is 3. The zero-order valence-corrected chi connectivity index (χ0v) is 15.7. The lowest BCUT2D eigenvalue weighted by molar-refractivity contribution is -0.274. The van der Waals surface area contributed by atoms with E-state index >= 15 is 0 Å². The van der Waals surface area contributed by atoms with Crippen LogP contribution in [-0.2, 0) is 14.3 Å². The molecule has 1 aliphatic rings. The largest absolute Gasteiger partial charge is 0.573 e. The Morgan fingerprint density at radius 2 is 1.45 bits per heavy atom. The average molecular weight is 407 g/mol. The van der Waals surface area contributed by atoms with Gasteiger partial charge in [0.15, 0.2) is 0 Å². The highest BCUT2D eigenvalue weighted by Gasteiger charge is 2.33. The van der Waals surface area contributed by atoms with Gasteiger partial charge in [0.1, 0.15) is 5.75 Å². The van der Waals surface area contributed by atoms with Crippen molar-refractivity contribution in [3.8, 4) is 16.9 Å². The molecule has 2 aromatic rings. The third-order valence-corrected chi connectivity index (χ3v) is 4.84. The molecule has 1 amide bonds. The number of nitrogens with zero attached hydrogens (tertiary/aromatic N) is 1. The summed E-state index contributed by atoms with van der Waals surface area (Å²) in [7, 11) is 1.17. The third-order valence-electron chi connectivity index (χ3n) is 4.84. The maximum atomic E-state index is 12.5. The zero-order chi connectivity index (χ0) is 21.0. The summed E-state index contributed by atoms with van der Waals surface area (Å²) in [6.45, 7) is 0. The summed E-state index contributed by atoms with van der Waals surface area (Å²) in [6.07, 6.45) is -1.14. The number of carbonyl (C=O) groups excluding carboxylic acids is 2. The quantitative estimate of drug-likeness (QED) is 0.545. The van der Waals surface area contributed by atoms with Gasteiger partial charge < -0.3 is 9.47 Å². The van der Waals surface area contributed by atoms with Crippen molar-refractivity contribution in [3.05, 3.63) is 48.5 Å². The molecule has 0 bridgehead atoms. The van der Waals surface area contributed by atoms with Crippen molar-refractivity contribution >= 4 is 17.6 Å². The summed E-state index contributed by atoms with van der Waals surface area (Å²) in [5.74, 6) is -1.92. The fraction of sp³-hybridized carbons (Fsp3) is 0.333. The van der Waals surface area contributed by atoms with Crippen molar-refractivity contribution < 1.29 is 32.2 Å². The van der Waals surface area contributed by atoms with E-state index in [0.717, 1.165) is 31.2 Å². The molecule has 0 N–H and O–H groups in total. The summed E-state index contributed by atoms with van der Waals surface area (Å²) in [4.78, 5) is 25.8. The fourth-order valence-electron chi connectivity index (χ4n) is 3.51. The number of anilines is 1. The molecule has 0 atom stereocenters. The number of carbonyl (C=O) groups is 2. The number of methoxy groups -OCH3 is 1. The first-order chi connectivity index (χ1) is 13.8. The minimum atomic E-state index is -4.74. The van der Waals surface area contributed by atoms with E-state index in [9.17, 15) is 22.8 Å². The van der Waals surface area contributed by atoms with Gasteiger partial charge in [-0.15, -0.1) is 13.2 Å². The molecule has 154 valence electrons. The Hall–Kier alpha value is -3.03. The van der Waals surface area contributed by atoms with Crippen LogP contribution in [0.2, 0.25) is 0 Å². The molecular weight excluding hydrogens is 387 g/mol. The van der Waals surface area contributed by atoms with Gasteiger partial charge in [0.05, 0.1) is 7.11 Å². The highest BCUT2D eigenvalue weighted by atomic mass is 19.4. The van der Waals surface area contributed by atoms with Gasteiger partial charge in [0, 0.05) is 11.7 Å². The van der Waals surface area contributed by atoms with Crippen molar-refractivity contribution in [2.24, 2.45) is 0 Å². The van der Waals surface area contributed by atoms with Crippen molar-refractivity contribution in [3.63, 3.8) is 0 Å². The highest BCUT2D eigenvalue weighted by molar-refractivity contribution is 6.38. The Kier molecular flexibility index (Phi) is 6.10. The number of esters is 1. The summed E-state index contributed by atoms with van der Waals surface area (Å²) >= 11 is 0. The van der Waals surface area contributed by atoms with E-state index in [1.54, 1.807) is 24.3 Å². The SMILES string of the molecule is COC(=O)C(=O)N(c1ccc(-c2ccc(OC(F)(F)F)cc2)cc1)C1CCCC1. The lowest BCUT2D eigenvalue weighted by atomic mass is 10.0. The normalized spacial score (nSPS) is 14.5. The van der Waals surface area contributed by atoms with Gasteiger partial charge in [0.25, 0.3) is 0 Å². The van der Waals surface area contributed by atoms with Crippen LogP contribution >= 0.6 is 0 Å². The number of amides is 1. The molecule has 1 aliphatic carbocycles. The molecule has 8 heteroatoms. The van der Waals surface area contributed by atoms with Crippen LogP contribution in [-0.4, -0.2) is 31.4 Å². The molecule has 0 heterocycles. The zero-order valence-electron chi connectivity index (χ0n) is 15.7. The number of hydrogen-bond acceptors (Lipinski definition) is 4. The first-order valence-corrected chi connectivity index (χ1v) is 9.16. The monoisotopic (exact) mass is 407 g/mol. The van der Waals surface area contributed by atoms with Gasteiger partial charge in [0.2, 0.25) is 0 Å². The van der Waals surface area contributed by atoms with Gasteiger partial charge in [-0.3, -0.25) is 9.69 Å². The Balaban J connectivity index is 1.81. The molecular formula is C21H20F3NO4. The minimum Gasteiger partial charge on any atom is -0.462 e. The van der Waals surface area contributed by atoms with E-state index in [-0.39, 0.29) is 11.8 Å². The molecule has 1 saturated carbocycles. The summed E-state index contributed by atoms with van der Waals surface area (Å²) in [6, 6.07) is 12.4. The molecule has 3 rings (SSSR count). The van der Waals surface area contributed by atoms with E-state index in [1.165, 1.54) is 36.3 Å². The van der Waals surface area contributed by atoms with Gasteiger partial charge in [-0.2, -0.15) is 0 Å². The maximum absolute atomic E-state index is 12.5. The Labute approximate surface area is 166 Å². The van der Waals surface area contributed by atoms with Gasteiger partial charge in [-0.05, 0) is 48.2 Å². The maximum Gasteiger partial charge on any atom is 0.573 e. The summed E-state index contributed by atoms with van der Waals surface area (Å²) < 4.78 is 45.3. The number of ether oxygens (including phenoxy) is 2. The van der Waals surface area contributed by atoms with Gasteiger partial charge in [-0.25, -0.2) is 4.79 Å². The standard InChI is InChI=1S/C21H20F3NO4/c1-28-20(27)19(26)25(16-4-2-3-5-16)17-10-6-14(7-11-17)15-8-12-18(13-9-15)29-21(22,23)24/h6-13,16H,2-5H2,1H3. The van der Waals surface area contributed by atoms with Crippen molar-refractivity contribution in [1.29, 1.82) is 0 Å². The topological polar surface area (TPSA) is 55.8 Å². The van der Waals surface area contributed by atoms with Crippen LogP contribution in [0.5, 0.6) is 5.75 Å². The van der Waals surface area contributed by atoms with E-state index in [0.29, 0.717) is 11.3 Å². The van der Waals surface area contributed by atoms with Gasteiger partial charge >= 0.3 is 18.2 Å². The van der Waals surface area contributed by atoms with Crippen molar-refractivity contribution in [2.45, 2.75) is 38.1 Å². The van der Waals surface area contributed by atoms with E-state index in [4.69, 9.17) is 0 Å². The van der Waals surface area contributed by atoms with E-state index < -0.39 is 18.2 Å². The lowest BCUT2D eigenvalue weighted by Crippen LogP contribution is -2.43. The second-order valence-electron chi connectivity index (χ2n) is 6.72. The molecule has 1 fully saturated rings. The first kappa shape index (κ1) is 20.7. The molecule has 29 heavy (non-hydrogen) atoms. The van der Waals surface area contributed by atoms with Crippen molar-refractivity contribution in [1.82, 2.24) is 0 Å². The molecule has 5 nitrogen and oxygen atoms in total. The second-order valence-corrected chi connectivity index (χ2v) is 6.72. The lowest BCUT2D eigenvalue weighted by Gasteiger charge is -2.28. The second kappa shape index (κ2) is 8.55. The fourth-order valence-corrected chi connectivity index (χ4v) is 3.51. The predicted molar refractivity (Wildman–Crippen MR) is 100 cm³/mol. The minimum absolute atomic E-state index is 0.0637. The van der Waals surface area contributed by atoms with Crippen LogP contribution in [0.3, 0.4) is 0 Å². The Morgan fingerprint density at radius 1 is 0.931 bits per heavy atom. The van der Waals surface area contributed by atoms with E-state index in [2.05, 4.69) is 9.47 Å². The predicted octanol–water partition coefficient (Wildman–Crippen LogP) is 4.70. The molecule has 0 aliphatic heterocycles. The summed E-state index contributed by atoms with van der Waals surface area (Å²) in [5, 5.41) is 0. The van der Waals surface area contributed by atoms with Crippen LogP contribution in [0.15, 0.2) is 48.5 Å². The molecule has 0 spiro atoms. The number of benzene rings is 2. The van der Waals surface area contributed by atoms with E-state index in [1.807, 2.05) is 0 Å². The van der Waals surface area contributed by atoms with Crippen LogP contribution in [0.25, 0.3) is 11.1 Å². The average Bonchev–Trinajstić information content (AvgIpc) is 3.21. The van der Waals surface area contributed by atoms with Crippen LogP contribution < -0.4 is 9.64 Å². The molecule has 0 unspecified atom stereocenters. The molecule has 0 saturated heterocycles. The third kappa shape index (κ3) is 5.07. The number of alkyl halides is 3. The van der Waals surface area contributed by atoms with Gasteiger partial charge in [-0.1, -0.05) is 37.1 Å². The first-order valence-electron chi connectivity index (χ1n) is 9.16. The number of hydrogen-bond donors (Lipinski definition) is 0.